The van der Waals surface area contributed by atoms with Crippen LogP contribution in [0.4, 0.5) is 10.1 Å². The monoisotopic (exact) mass is 424 g/mol. The largest absolute Gasteiger partial charge is 0.477 e. The van der Waals surface area contributed by atoms with E-state index in [1.807, 2.05) is 4.90 Å². The quantitative estimate of drug-likeness (QED) is 0.670. The van der Waals surface area contributed by atoms with Crippen LogP contribution in [0.2, 0.25) is 0 Å². The molecule has 3 aromatic rings. The highest BCUT2D eigenvalue weighted by molar-refractivity contribution is 7.04. The normalized spacial score (nSPS) is 16.4. The van der Waals surface area contributed by atoms with Gasteiger partial charge in [0.2, 0.25) is 5.43 Å². The minimum atomic E-state index is -1.36. The Hall–Kier alpha value is -2.49. The molecule has 0 amide bonds. The number of rotatable bonds is 3. The third kappa shape index (κ3) is 3.25. The van der Waals surface area contributed by atoms with Crippen molar-refractivity contribution < 1.29 is 14.3 Å². The zero-order chi connectivity index (χ0) is 19.3. The van der Waals surface area contributed by atoms with Crippen molar-refractivity contribution in [2.75, 3.05) is 18.0 Å². The lowest BCUT2D eigenvalue weighted by atomic mass is 10.1. The number of benzene rings is 1. The number of hydrogen-bond acceptors (Lipinski definition) is 6. The van der Waals surface area contributed by atoms with E-state index in [1.165, 1.54) is 17.7 Å². The third-order valence-electron chi connectivity index (χ3n) is 4.85. The van der Waals surface area contributed by atoms with Crippen molar-refractivity contribution in [1.29, 1.82) is 0 Å². The second kappa shape index (κ2) is 7.50. The molecule has 10 heteroatoms. The van der Waals surface area contributed by atoms with E-state index < -0.39 is 22.8 Å². The minimum absolute atomic E-state index is 0. The Morgan fingerprint density at radius 1 is 1.39 bits per heavy atom. The molecule has 148 valence electrons. The van der Waals surface area contributed by atoms with Gasteiger partial charge in [0.15, 0.2) is 0 Å². The van der Waals surface area contributed by atoms with Crippen LogP contribution in [-0.2, 0) is 0 Å². The lowest BCUT2D eigenvalue weighted by molar-refractivity contribution is 0.0695. The number of aromatic nitrogens is 2. The fraction of sp³-hybridized carbons (Fsp3) is 0.278. The summed E-state index contributed by atoms with van der Waals surface area (Å²) in [5, 5.41) is 11.2. The number of nitrogens with two attached hydrogens (primary N) is 1. The van der Waals surface area contributed by atoms with E-state index in [2.05, 4.69) is 4.37 Å². The van der Waals surface area contributed by atoms with E-state index in [0.29, 0.717) is 35.7 Å². The summed E-state index contributed by atoms with van der Waals surface area (Å²) in [4.78, 5) is 26.0. The topological polar surface area (TPSA) is 101 Å². The van der Waals surface area contributed by atoms with Gasteiger partial charge in [-0.05, 0) is 37.0 Å². The van der Waals surface area contributed by atoms with Gasteiger partial charge in [-0.1, -0.05) is 0 Å². The molecule has 0 aliphatic carbocycles. The van der Waals surface area contributed by atoms with E-state index in [0.717, 1.165) is 12.5 Å². The van der Waals surface area contributed by atoms with Crippen LogP contribution in [0.1, 0.15) is 22.5 Å². The first-order chi connectivity index (χ1) is 12.9. The first-order valence-corrected chi connectivity index (χ1v) is 9.24. The average Bonchev–Trinajstić information content (AvgIpc) is 3.23. The van der Waals surface area contributed by atoms with Crippen molar-refractivity contribution in [2.45, 2.75) is 19.4 Å². The van der Waals surface area contributed by atoms with Crippen molar-refractivity contribution in [3.63, 3.8) is 0 Å². The Labute approximate surface area is 169 Å². The van der Waals surface area contributed by atoms with E-state index >= 15 is 0 Å². The number of fused-ring (bicyclic) bond motifs is 1. The van der Waals surface area contributed by atoms with Crippen LogP contribution in [0.15, 0.2) is 28.5 Å². The number of carboxylic acids is 1. The Kier molecular flexibility index (Phi) is 5.42. The molecule has 1 aliphatic rings. The molecule has 0 bridgehead atoms. The minimum Gasteiger partial charge on any atom is -0.477 e. The van der Waals surface area contributed by atoms with Gasteiger partial charge < -0.3 is 20.3 Å². The molecular formula is C18H18ClFN4O3S. The second-order valence-corrected chi connectivity index (χ2v) is 7.28. The summed E-state index contributed by atoms with van der Waals surface area (Å²) in [5.74, 6) is -1.92. The number of anilines is 1. The number of halogens is 2. The molecule has 2 aromatic heterocycles. The molecule has 1 aromatic carbocycles. The number of aromatic carboxylic acids is 1. The summed E-state index contributed by atoms with van der Waals surface area (Å²) < 4.78 is 20.6. The SMILES string of the molecule is Cc1nscc1-n1cc(C(=O)O)c(=O)c2cc(F)c(N3CC[C@H](N)C3)cc21.Cl. The summed E-state index contributed by atoms with van der Waals surface area (Å²) in [7, 11) is 0. The van der Waals surface area contributed by atoms with E-state index in [4.69, 9.17) is 5.73 Å². The van der Waals surface area contributed by atoms with Gasteiger partial charge >= 0.3 is 5.97 Å². The van der Waals surface area contributed by atoms with Crippen molar-refractivity contribution in [3.05, 3.63) is 51.0 Å². The maximum Gasteiger partial charge on any atom is 0.341 e. The molecule has 7 nitrogen and oxygen atoms in total. The molecule has 0 spiro atoms. The van der Waals surface area contributed by atoms with Crippen molar-refractivity contribution >= 4 is 46.5 Å². The lowest BCUT2D eigenvalue weighted by Gasteiger charge is -2.21. The van der Waals surface area contributed by atoms with Gasteiger partial charge in [-0.3, -0.25) is 4.79 Å². The van der Waals surface area contributed by atoms with Crippen LogP contribution in [0.25, 0.3) is 16.6 Å². The van der Waals surface area contributed by atoms with Crippen LogP contribution < -0.4 is 16.1 Å². The predicted molar refractivity (Wildman–Crippen MR) is 109 cm³/mol. The number of carboxylic acid groups (broad SMARTS) is 1. The molecule has 0 radical (unpaired) electrons. The summed E-state index contributed by atoms with van der Waals surface area (Å²) >= 11 is 1.22. The van der Waals surface area contributed by atoms with E-state index in [1.54, 1.807) is 22.9 Å². The van der Waals surface area contributed by atoms with Gasteiger partial charge in [-0.25, -0.2) is 9.18 Å². The fourth-order valence-corrected chi connectivity index (χ4v) is 4.14. The Morgan fingerprint density at radius 2 is 2.14 bits per heavy atom. The van der Waals surface area contributed by atoms with Gasteiger partial charge in [0.25, 0.3) is 0 Å². The molecule has 28 heavy (non-hydrogen) atoms. The van der Waals surface area contributed by atoms with E-state index in [-0.39, 0.29) is 23.8 Å². The summed E-state index contributed by atoms with van der Waals surface area (Å²) in [6.07, 6.45) is 2.04. The predicted octanol–water partition coefficient (Wildman–Crippen LogP) is 2.55. The standard InChI is InChI=1S/C18H17FN4O3S.ClH/c1-9-16(8-27-21-9)23-7-12(18(25)26)17(24)11-4-13(19)15(5-14(11)23)22-3-2-10(20)6-22;/h4-5,7-8,10H,2-3,6,20H2,1H3,(H,25,26);1H/t10-;/m0./s1. The van der Waals surface area contributed by atoms with Gasteiger partial charge in [0.05, 0.1) is 22.6 Å². The van der Waals surface area contributed by atoms with Crippen LogP contribution in [-0.4, -0.2) is 39.1 Å². The number of carbonyl (C=O) groups is 1. The fourth-order valence-electron chi connectivity index (χ4n) is 3.45. The number of hydrogen-bond donors (Lipinski definition) is 2. The molecule has 4 rings (SSSR count). The molecule has 1 aliphatic heterocycles. The van der Waals surface area contributed by atoms with Crippen molar-refractivity contribution in [3.8, 4) is 5.69 Å². The smallest absolute Gasteiger partial charge is 0.341 e. The first kappa shape index (κ1) is 20.2. The second-order valence-electron chi connectivity index (χ2n) is 6.65. The molecule has 1 atom stereocenters. The zero-order valence-electron chi connectivity index (χ0n) is 14.9. The third-order valence-corrected chi connectivity index (χ3v) is 5.56. The van der Waals surface area contributed by atoms with Gasteiger partial charge in [0, 0.05) is 36.1 Å². The maximum absolute atomic E-state index is 14.8. The highest BCUT2D eigenvalue weighted by atomic mass is 35.5. The Morgan fingerprint density at radius 3 is 2.71 bits per heavy atom. The Bertz CT molecular complexity index is 1130. The molecule has 3 N–H and O–H groups in total. The highest BCUT2D eigenvalue weighted by Crippen LogP contribution is 2.30. The van der Waals surface area contributed by atoms with Crippen LogP contribution in [0.5, 0.6) is 0 Å². The molecule has 0 saturated carbocycles. The number of pyridine rings is 1. The summed E-state index contributed by atoms with van der Waals surface area (Å²) in [5.41, 5.74) is 6.95. The average molecular weight is 425 g/mol. The molecule has 1 saturated heterocycles. The van der Waals surface area contributed by atoms with Gasteiger partial charge in [0.1, 0.15) is 11.4 Å². The number of nitrogens with zero attached hydrogens (tertiary/aromatic N) is 3. The van der Waals surface area contributed by atoms with Crippen LogP contribution >= 0.6 is 23.9 Å². The molecule has 3 heterocycles. The van der Waals surface area contributed by atoms with Crippen molar-refractivity contribution in [2.24, 2.45) is 5.73 Å². The molecule has 1 fully saturated rings. The highest BCUT2D eigenvalue weighted by Gasteiger charge is 2.24. The maximum atomic E-state index is 14.8. The summed E-state index contributed by atoms with van der Waals surface area (Å²) in [6.45, 7) is 2.94. The molecular weight excluding hydrogens is 407 g/mol. The van der Waals surface area contributed by atoms with E-state index in [9.17, 15) is 19.1 Å². The zero-order valence-corrected chi connectivity index (χ0v) is 16.5. The van der Waals surface area contributed by atoms with Crippen molar-refractivity contribution in [1.82, 2.24) is 8.94 Å². The Balaban J connectivity index is 0.00000225. The summed E-state index contributed by atoms with van der Waals surface area (Å²) in [6, 6.07) is 2.68. The van der Waals surface area contributed by atoms with Crippen LogP contribution in [0.3, 0.4) is 0 Å². The number of aryl methyl sites for hydroxylation is 1. The molecule has 0 unspecified atom stereocenters. The lowest BCUT2D eigenvalue weighted by Crippen LogP contribution is -2.27. The first-order valence-electron chi connectivity index (χ1n) is 8.41. The van der Waals surface area contributed by atoms with Gasteiger partial charge in [-0.15, -0.1) is 12.4 Å². The van der Waals surface area contributed by atoms with Gasteiger partial charge in [-0.2, -0.15) is 4.37 Å². The van der Waals surface area contributed by atoms with Crippen LogP contribution in [0, 0.1) is 12.7 Å².